The van der Waals surface area contributed by atoms with E-state index in [1.54, 1.807) is 0 Å². The summed E-state index contributed by atoms with van der Waals surface area (Å²) in [7, 11) is 0. The summed E-state index contributed by atoms with van der Waals surface area (Å²) in [5.74, 6) is 0.288. The van der Waals surface area contributed by atoms with Crippen LogP contribution in [0, 0.1) is 13.8 Å². The van der Waals surface area contributed by atoms with Crippen molar-refractivity contribution in [3.8, 4) is 21.3 Å². The van der Waals surface area contributed by atoms with Crippen molar-refractivity contribution in [3.63, 3.8) is 0 Å². The zero-order chi connectivity index (χ0) is 16.1. The van der Waals surface area contributed by atoms with Gasteiger partial charge in [-0.2, -0.15) is 5.10 Å². The Kier molecular flexibility index (Phi) is 3.24. The van der Waals surface area contributed by atoms with E-state index in [0.717, 1.165) is 40.2 Å². The standard InChI is InChI=1S/C15H14N4O2S2/c1-6-11(7(2)19-18-6)21-15-10-9(13(22-15)14(16)20)4-3-8-5-17-23-12(8)10/h5H,3-4H2,1-2H3,(H2,16,20)(H,18,19). The quantitative estimate of drug-likeness (QED) is 0.761. The van der Waals surface area contributed by atoms with Crippen LogP contribution in [0.25, 0.3) is 10.4 Å². The van der Waals surface area contributed by atoms with Gasteiger partial charge >= 0.3 is 0 Å². The highest BCUT2D eigenvalue weighted by atomic mass is 32.1. The second-order valence-electron chi connectivity index (χ2n) is 5.48. The molecule has 3 heterocycles. The van der Waals surface area contributed by atoms with Crippen LogP contribution in [0.2, 0.25) is 0 Å². The summed E-state index contributed by atoms with van der Waals surface area (Å²) in [4.78, 5) is 13.5. The molecule has 0 aromatic carbocycles. The molecule has 1 amide bonds. The third-order valence-electron chi connectivity index (χ3n) is 3.97. The van der Waals surface area contributed by atoms with Gasteiger partial charge in [-0.15, -0.1) is 0 Å². The number of fused-ring (bicyclic) bond motifs is 3. The number of aromatic amines is 1. The maximum atomic E-state index is 11.8. The second kappa shape index (κ2) is 5.17. The van der Waals surface area contributed by atoms with Crippen molar-refractivity contribution in [1.29, 1.82) is 0 Å². The van der Waals surface area contributed by atoms with Crippen LogP contribution in [-0.4, -0.2) is 20.5 Å². The number of carbonyl (C=O) groups excluding carboxylic acids is 1. The summed E-state index contributed by atoms with van der Waals surface area (Å²) in [6.07, 6.45) is 3.55. The average molecular weight is 346 g/mol. The van der Waals surface area contributed by atoms with Crippen LogP contribution < -0.4 is 10.5 Å². The largest absolute Gasteiger partial charge is 0.442 e. The fourth-order valence-electron chi connectivity index (χ4n) is 2.87. The Labute approximate surface area is 140 Å². The number of ether oxygens (including phenoxy) is 1. The highest BCUT2D eigenvalue weighted by Gasteiger charge is 2.30. The van der Waals surface area contributed by atoms with Gasteiger partial charge in [0.15, 0.2) is 10.8 Å². The maximum Gasteiger partial charge on any atom is 0.259 e. The Morgan fingerprint density at radius 1 is 1.39 bits per heavy atom. The van der Waals surface area contributed by atoms with Crippen molar-refractivity contribution in [2.75, 3.05) is 0 Å². The average Bonchev–Trinajstić information content (AvgIpc) is 3.20. The lowest BCUT2D eigenvalue weighted by Crippen LogP contribution is -2.12. The van der Waals surface area contributed by atoms with Crippen molar-refractivity contribution < 1.29 is 9.53 Å². The minimum atomic E-state index is -0.408. The van der Waals surface area contributed by atoms with Crippen LogP contribution in [0.4, 0.5) is 0 Å². The molecular formula is C15H14N4O2S2. The molecule has 8 heteroatoms. The van der Waals surface area contributed by atoms with Crippen molar-refractivity contribution in [2.45, 2.75) is 26.7 Å². The molecule has 0 saturated heterocycles. The third kappa shape index (κ3) is 2.17. The molecule has 3 aromatic rings. The van der Waals surface area contributed by atoms with E-state index >= 15 is 0 Å². The molecule has 0 bridgehead atoms. The first kappa shape index (κ1) is 14.4. The van der Waals surface area contributed by atoms with Gasteiger partial charge in [-0.05, 0) is 49.3 Å². The number of H-pyrrole nitrogens is 1. The molecule has 0 fully saturated rings. The second-order valence-corrected chi connectivity index (χ2v) is 7.27. The molecule has 23 heavy (non-hydrogen) atoms. The van der Waals surface area contributed by atoms with E-state index in [-0.39, 0.29) is 0 Å². The lowest BCUT2D eigenvalue weighted by Gasteiger charge is -2.14. The first-order chi connectivity index (χ1) is 11.1. The van der Waals surface area contributed by atoms with Crippen LogP contribution >= 0.6 is 22.9 Å². The lowest BCUT2D eigenvalue weighted by molar-refractivity contribution is 0.100. The van der Waals surface area contributed by atoms with Crippen LogP contribution in [0.3, 0.4) is 0 Å². The zero-order valence-electron chi connectivity index (χ0n) is 12.6. The zero-order valence-corrected chi connectivity index (χ0v) is 14.2. The summed E-state index contributed by atoms with van der Waals surface area (Å²) in [5.41, 5.74) is 10.3. The fourth-order valence-corrected chi connectivity index (χ4v) is 4.86. The van der Waals surface area contributed by atoms with Gasteiger partial charge in [0, 0.05) is 6.20 Å². The van der Waals surface area contributed by atoms with E-state index in [0.29, 0.717) is 15.7 Å². The summed E-state index contributed by atoms with van der Waals surface area (Å²) in [6, 6.07) is 0. The number of carbonyl (C=O) groups is 1. The number of aromatic nitrogens is 3. The Hall–Kier alpha value is -2.19. The Balaban J connectivity index is 1.90. The summed E-state index contributed by atoms with van der Waals surface area (Å²) in [6.45, 7) is 3.79. The normalized spacial score (nSPS) is 12.8. The Morgan fingerprint density at radius 3 is 2.91 bits per heavy atom. The number of nitrogens with zero attached hydrogens (tertiary/aromatic N) is 2. The predicted octanol–water partition coefficient (Wildman–Crippen LogP) is 3.20. The molecule has 0 spiro atoms. The Morgan fingerprint density at radius 2 is 2.22 bits per heavy atom. The van der Waals surface area contributed by atoms with E-state index in [1.165, 1.54) is 28.4 Å². The number of aryl methyl sites for hydroxylation is 3. The van der Waals surface area contributed by atoms with E-state index in [9.17, 15) is 4.79 Å². The third-order valence-corrected chi connectivity index (χ3v) is 5.95. The van der Waals surface area contributed by atoms with E-state index in [1.807, 2.05) is 20.0 Å². The van der Waals surface area contributed by atoms with Crippen LogP contribution in [0.15, 0.2) is 6.20 Å². The molecular weight excluding hydrogens is 332 g/mol. The van der Waals surface area contributed by atoms with Crippen molar-refractivity contribution in [3.05, 3.63) is 33.6 Å². The SMILES string of the molecule is Cc1n[nH]c(C)c1Oc1sc(C(N)=O)c2c1-c1sncc1CC2. The maximum absolute atomic E-state index is 11.8. The molecule has 6 nitrogen and oxygen atoms in total. The first-order valence-electron chi connectivity index (χ1n) is 7.15. The lowest BCUT2D eigenvalue weighted by atomic mass is 9.93. The molecule has 1 aliphatic carbocycles. The minimum Gasteiger partial charge on any atom is -0.442 e. The van der Waals surface area contributed by atoms with Gasteiger partial charge < -0.3 is 10.5 Å². The summed E-state index contributed by atoms with van der Waals surface area (Å²) >= 11 is 2.74. The molecule has 118 valence electrons. The van der Waals surface area contributed by atoms with Crippen molar-refractivity contribution >= 4 is 28.8 Å². The van der Waals surface area contributed by atoms with E-state index < -0.39 is 5.91 Å². The van der Waals surface area contributed by atoms with Gasteiger partial charge in [-0.25, -0.2) is 4.37 Å². The number of hydrogen-bond acceptors (Lipinski definition) is 6. The summed E-state index contributed by atoms with van der Waals surface area (Å²) < 4.78 is 10.4. The highest BCUT2D eigenvalue weighted by Crippen LogP contribution is 2.50. The van der Waals surface area contributed by atoms with Gasteiger partial charge in [0.25, 0.3) is 5.91 Å². The summed E-state index contributed by atoms with van der Waals surface area (Å²) in [5, 5.41) is 7.75. The molecule has 3 aromatic heterocycles. The van der Waals surface area contributed by atoms with Gasteiger partial charge in [-0.1, -0.05) is 11.3 Å². The molecule has 1 aliphatic rings. The topological polar surface area (TPSA) is 93.9 Å². The van der Waals surface area contributed by atoms with E-state index in [2.05, 4.69) is 14.6 Å². The molecule has 0 radical (unpaired) electrons. The smallest absolute Gasteiger partial charge is 0.259 e. The van der Waals surface area contributed by atoms with Crippen LogP contribution in [0.1, 0.15) is 32.2 Å². The molecule has 0 unspecified atom stereocenters. The fraction of sp³-hybridized carbons (Fsp3) is 0.267. The van der Waals surface area contributed by atoms with Crippen LogP contribution in [-0.2, 0) is 12.8 Å². The minimum absolute atomic E-state index is 0.408. The molecule has 3 N–H and O–H groups in total. The van der Waals surface area contributed by atoms with Gasteiger partial charge in [0.2, 0.25) is 0 Å². The number of primary amides is 1. The van der Waals surface area contributed by atoms with Gasteiger partial charge in [-0.3, -0.25) is 9.89 Å². The number of thiophene rings is 1. The molecule has 0 atom stereocenters. The molecule has 0 aliphatic heterocycles. The number of amides is 1. The first-order valence-corrected chi connectivity index (χ1v) is 8.74. The molecule has 0 saturated carbocycles. The number of hydrogen-bond donors (Lipinski definition) is 2. The number of rotatable bonds is 3. The van der Waals surface area contributed by atoms with Crippen molar-refractivity contribution in [2.24, 2.45) is 5.73 Å². The van der Waals surface area contributed by atoms with Crippen LogP contribution in [0.5, 0.6) is 10.8 Å². The molecule has 4 rings (SSSR count). The predicted molar refractivity (Wildman–Crippen MR) is 89.5 cm³/mol. The highest BCUT2D eigenvalue weighted by molar-refractivity contribution is 7.17. The Bertz CT molecular complexity index is 903. The van der Waals surface area contributed by atoms with E-state index in [4.69, 9.17) is 10.5 Å². The van der Waals surface area contributed by atoms with Gasteiger partial charge in [0.05, 0.1) is 21.0 Å². The van der Waals surface area contributed by atoms with Gasteiger partial charge in [0.1, 0.15) is 5.69 Å². The monoisotopic (exact) mass is 346 g/mol. The number of nitrogens with two attached hydrogens (primary N) is 1. The van der Waals surface area contributed by atoms with Crippen molar-refractivity contribution in [1.82, 2.24) is 14.6 Å². The number of nitrogens with one attached hydrogen (secondary N) is 1.